The molecule has 0 unspecified atom stereocenters. The second-order valence-electron chi connectivity index (χ2n) is 6.33. The van der Waals surface area contributed by atoms with Crippen LogP contribution in [0.15, 0.2) is 41.2 Å². The molecular weight excluding hydrogens is 330 g/mol. The number of aromatic nitrogens is 4. The molecule has 0 saturated carbocycles. The van der Waals surface area contributed by atoms with E-state index in [9.17, 15) is 9.59 Å². The first-order chi connectivity index (χ1) is 12.4. The summed E-state index contributed by atoms with van der Waals surface area (Å²) in [5.41, 5.74) is 10.4. The zero-order valence-corrected chi connectivity index (χ0v) is 14.6. The summed E-state index contributed by atoms with van der Waals surface area (Å²) in [7, 11) is 1.63. The number of nitrogens with two attached hydrogens (primary N) is 1. The van der Waals surface area contributed by atoms with Crippen LogP contribution in [-0.4, -0.2) is 25.0 Å². The number of anilines is 1. The normalized spacial score (nSPS) is 11.3. The first kappa shape index (κ1) is 16.0. The fourth-order valence-electron chi connectivity index (χ4n) is 3.05. The molecule has 2 N–H and O–H groups in total. The van der Waals surface area contributed by atoms with Gasteiger partial charge in [0, 0.05) is 18.3 Å². The van der Waals surface area contributed by atoms with Crippen molar-refractivity contribution in [3.63, 3.8) is 0 Å². The van der Waals surface area contributed by atoms with E-state index >= 15 is 0 Å². The van der Waals surface area contributed by atoms with E-state index in [1.54, 1.807) is 43.4 Å². The number of aryl methyl sites for hydroxylation is 3. The van der Waals surface area contributed by atoms with Crippen LogP contribution in [0.4, 0.5) is 5.69 Å². The number of hydrogen-bond donors (Lipinski definition) is 1. The first-order valence-corrected chi connectivity index (χ1v) is 8.13. The van der Waals surface area contributed by atoms with Gasteiger partial charge in [-0.05, 0) is 50.2 Å². The standard InChI is InChI=1S/C19H17N5O2/c1-10-11(2)22-15-8-12(4-6-14(15)21-10)18(25)24-17-9-13(20)5-7-16(17)23(3)19(24)26/h4-9H,20H2,1-3H3. The lowest BCUT2D eigenvalue weighted by molar-refractivity contribution is 0.0960. The molecule has 0 bridgehead atoms. The van der Waals surface area contributed by atoms with Crippen molar-refractivity contribution in [1.29, 1.82) is 0 Å². The van der Waals surface area contributed by atoms with Crippen molar-refractivity contribution in [3.8, 4) is 0 Å². The molecule has 7 heteroatoms. The summed E-state index contributed by atoms with van der Waals surface area (Å²) in [6, 6.07) is 10.1. The summed E-state index contributed by atoms with van der Waals surface area (Å²) in [6.07, 6.45) is 0. The highest BCUT2D eigenvalue weighted by atomic mass is 16.2. The summed E-state index contributed by atoms with van der Waals surface area (Å²) < 4.78 is 2.57. The molecule has 130 valence electrons. The Bertz CT molecular complexity index is 1270. The van der Waals surface area contributed by atoms with Gasteiger partial charge in [0.1, 0.15) is 0 Å². The highest BCUT2D eigenvalue weighted by Crippen LogP contribution is 2.19. The number of carbonyl (C=O) groups is 1. The van der Waals surface area contributed by atoms with Crippen molar-refractivity contribution in [3.05, 3.63) is 63.8 Å². The second-order valence-corrected chi connectivity index (χ2v) is 6.33. The molecule has 0 spiro atoms. The van der Waals surface area contributed by atoms with Crippen molar-refractivity contribution in [2.45, 2.75) is 13.8 Å². The number of nitrogen functional groups attached to an aromatic ring is 1. The molecular formula is C19H17N5O2. The second kappa shape index (κ2) is 5.52. The van der Waals surface area contributed by atoms with Gasteiger partial charge in [-0.3, -0.25) is 9.36 Å². The zero-order valence-electron chi connectivity index (χ0n) is 14.6. The Hall–Kier alpha value is -3.48. The Balaban J connectivity index is 1.94. The maximum Gasteiger partial charge on any atom is 0.335 e. The molecule has 4 rings (SSSR count). The van der Waals surface area contributed by atoms with Gasteiger partial charge in [0.25, 0.3) is 5.91 Å². The van der Waals surface area contributed by atoms with Gasteiger partial charge < -0.3 is 5.73 Å². The fourth-order valence-corrected chi connectivity index (χ4v) is 3.05. The molecule has 0 radical (unpaired) electrons. The maximum absolute atomic E-state index is 13.1. The fraction of sp³-hybridized carbons (Fsp3) is 0.158. The smallest absolute Gasteiger partial charge is 0.335 e. The molecule has 0 aliphatic heterocycles. The van der Waals surface area contributed by atoms with Gasteiger partial charge in [-0.1, -0.05) is 0 Å². The minimum absolute atomic E-state index is 0.368. The average Bonchev–Trinajstić information content (AvgIpc) is 2.85. The molecule has 7 nitrogen and oxygen atoms in total. The van der Waals surface area contributed by atoms with Gasteiger partial charge in [-0.25, -0.2) is 19.3 Å². The predicted octanol–water partition coefficient (Wildman–Crippen LogP) is 2.17. The molecule has 0 fully saturated rings. The van der Waals surface area contributed by atoms with Crippen molar-refractivity contribution < 1.29 is 4.79 Å². The van der Waals surface area contributed by atoms with Crippen molar-refractivity contribution >= 4 is 33.7 Å². The highest BCUT2D eigenvalue weighted by Gasteiger charge is 2.19. The molecule has 0 aliphatic carbocycles. The monoisotopic (exact) mass is 347 g/mol. The summed E-state index contributed by atoms with van der Waals surface area (Å²) >= 11 is 0. The van der Waals surface area contributed by atoms with Crippen LogP contribution in [0.1, 0.15) is 21.7 Å². The Kier molecular flexibility index (Phi) is 3.40. The third-order valence-electron chi connectivity index (χ3n) is 4.61. The molecule has 26 heavy (non-hydrogen) atoms. The lowest BCUT2D eigenvalue weighted by atomic mass is 10.1. The SMILES string of the molecule is Cc1nc2ccc(C(=O)n3c(=O)n(C)c4ccc(N)cc43)cc2nc1C. The van der Waals surface area contributed by atoms with E-state index in [0.717, 1.165) is 16.0 Å². The topological polar surface area (TPSA) is 95.8 Å². The Morgan fingerprint density at radius 2 is 1.65 bits per heavy atom. The molecule has 2 aromatic heterocycles. The van der Waals surface area contributed by atoms with E-state index in [-0.39, 0.29) is 0 Å². The van der Waals surface area contributed by atoms with Crippen molar-refractivity contribution in [2.24, 2.45) is 7.05 Å². The van der Waals surface area contributed by atoms with Crippen LogP contribution in [0, 0.1) is 13.8 Å². The van der Waals surface area contributed by atoms with Gasteiger partial charge in [0.15, 0.2) is 0 Å². The highest BCUT2D eigenvalue weighted by molar-refractivity contribution is 6.03. The van der Waals surface area contributed by atoms with Crippen LogP contribution in [0.3, 0.4) is 0 Å². The number of rotatable bonds is 1. The van der Waals surface area contributed by atoms with E-state index < -0.39 is 11.6 Å². The Morgan fingerprint density at radius 1 is 0.962 bits per heavy atom. The van der Waals surface area contributed by atoms with E-state index in [0.29, 0.717) is 33.3 Å². The van der Waals surface area contributed by atoms with Crippen molar-refractivity contribution in [1.82, 2.24) is 19.1 Å². The number of fused-ring (bicyclic) bond motifs is 2. The lowest BCUT2D eigenvalue weighted by Gasteiger charge is -2.06. The number of nitrogens with zero attached hydrogens (tertiary/aromatic N) is 4. The van der Waals surface area contributed by atoms with Gasteiger partial charge in [-0.15, -0.1) is 0 Å². The summed E-state index contributed by atoms with van der Waals surface area (Å²) in [6.45, 7) is 3.76. The molecule has 4 aromatic rings. The van der Waals surface area contributed by atoms with E-state index in [4.69, 9.17) is 5.73 Å². The minimum atomic E-state index is -0.423. The van der Waals surface area contributed by atoms with E-state index in [1.165, 1.54) is 4.57 Å². The van der Waals surface area contributed by atoms with Crippen molar-refractivity contribution in [2.75, 3.05) is 5.73 Å². The van der Waals surface area contributed by atoms with E-state index in [1.807, 2.05) is 13.8 Å². The summed E-state index contributed by atoms with van der Waals surface area (Å²) in [5, 5.41) is 0. The molecule has 0 aliphatic rings. The molecule has 2 aromatic carbocycles. The van der Waals surface area contributed by atoms with Crippen LogP contribution in [0.2, 0.25) is 0 Å². The largest absolute Gasteiger partial charge is 0.399 e. The summed E-state index contributed by atoms with van der Waals surface area (Å²) in [5.74, 6) is -0.423. The predicted molar refractivity (Wildman–Crippen MR) is 100 cm³/mol. The number of carbonyl (C=O) groups excluding carboxylic acids is 1. The molecule has 0 saturated heterocycles. The summed E-state index contributed by atoms with van der Waals surface area (Å²) in [4.78, 5) is 34.6. The van der Waals surface area contributed by atoms with Crippen LogP contribution in [0.5, 0.6) is 0 Å². The van der Waals surface area contributed by atoms with Crippen LogP contribution < -0.4 is 11.4 Å². The van der Waals surface area contributed by atoms with Crippen LogP contribution >= 0.6 is 0 Å². The molecule has 0 atom stereocenters. The van der Waals surface area contributed by atoms with E-state index in [2.05, 4.69) is 9.97 Å². The van der Waals surface area contributed by atoms with Crippen LogP contribution in [0.25, 0.3) is 22.1 Å². The third kappa shape index (κ3) is 2.28. The Labute approximate surface area is 148 Å². The average molecular weight is 347 g/mol. The van der Waals surface area contributed by atoms with Gasteiger partial charge >= 0.3 is 5.69 Å². The van der Waals surface area contributed by atoms with Gasteiger partial charge in [-0.2, -0.15) is 0 Å². The minimum Gasteiger partial charge on any atom is -0.399 e. The number of imidazole rings is 1. The van der Waals surface area contributed by atoms with Crippen LogP contribution in [-0.2, 0) is 7.05 Å². The molecule has 2 heterocycles. The quantitative estimate of drug-likeness (QED) is 0.532. The zero-order chi connectivity index (χ0) is 18.6. The van der Waals surface area contributed by atoms with Gasteiger partial charge in [0.05, 0.1) is 33.5 Å². The third-order valence-corrected chi connectivity index (χ3v) is 4.61. The molecule has 0 amide bonds. The van der Waals surface area contributed by atoms with Gasteiger partial charge in [0.2, 0.25) is 0 Å². The lowest BCUT2D eigenvalue weighted by Crippen LogP contribution is -2.28. The first-order valence-electron chi connectivity index (χ1n) is 8.13. The number of benzene rings is 2. The number of hydrogen-bond acceptors (Lipinski definition) is 5. The maximum atomic E-state index is 13.1. The Morgan fingerprint density at radius 3 is 2.38 bits per heavy atom.